The van der Waals surface area contributed by atoms with Gasteiger partial charge in [0, 0.05) is 11.6 Å². The average Bonchev–Trinajstić information content (AvgIpc) is 2.63. The molecule has 68 valence electrons. The van der Waals surface area contributed by atoms with Crippen LogP contribution in [0.3, 0.4) is 0 Å². The second kappa shape index (κ2) is 3.34. The van der Waals surface area contributed by atoms with E-state index in [2.05, 4.69) is 23.4 Å². The van der Waals surface area contributed by atoms with E-state index in [9.17, 15) is 0 Å². The SMILES string of the molecule is CCc1cc(OC)c2sncc2c1. The molecule has 1 heterocycles. The summed E-state index contributed by atoms with van der Waals surface area (Å²) in [6.07, 6.45) is 2.92. The first kappa shape index (κ1) is 8.51. The minimum absolute atomic E-state index is 0.942. The van der Waals surface area contributed by atoms with Crippen molar-refractivity contribution in [3.63, 3.8) is 0 Å². The van der Waals surface area contributed by atoms with Gasteiger partial charge >= 0.3 is 0 Å². The molecule has 0 spiro atoms. The summed E-state index contributed by atoms with van der Waals surface area (Å²) in [5.74, 6) is 0.942. The molecule has 0 saturated heterocycles. The van der Waals surface area contributed by atoms with Crippen LogP contribution in [0.1, 0.15) is 12.5 Å². The molecule has 13 heavy (non-hydrogen) atoms. The Kier molecular flexibility index (Phi) is 2.19. The number of aromatic nitrogens is 1. The Morgan fingerprint density at radius 1 is 1.46 bits per heavy atom. The maximum absolute atomic E-state index is 5.30. The molecular weight excluding hydrogens is 182 g/mol. The zero-order valence-electron chi connectivity index (χ0n) is 7.70. The average molecular weight is 193 g/mol. The number of hydrogen-bond acceptors (Lipinski definition) is 3. The summed E-state index contributed by atoms with van der Waals surface area (Å²) in [4.78, 5) is 0. The van der Waals surface area contributed by atoms with Crippen LogP contribution in [0.25, 0.3) is 10.1 Å². The highest BCUT2D eigenvalue weighted by Gasteiger charge is 2.05. The lowest BCUT2D eigenvalue weighted by Crippen LogP contribution is -1.86. The van der Waals surface area contributed by atoms with Crippen LogP contribution in [0.2, 0.25) is 0 Å². The molecule has 3 heteroatoms. The van der Waals surface area contributed by atoms with Crippen LogP contribution in [0.5, 0.6) is 5.75 Å². The van der Waals surface area contributed by atoms with E-state index in [1.807, 2.05) is 6.20 Å². The lowest BCUT2D eigenvalue weighted by molar-refractivity contribution is 0.420. The fourth-order valence-corrected chi connectivity index (χ4v) is 2.09. The molecule has 0 bridgehead atoms. The lowest BCUT2D eigenvalue weighted by Gasteiger charge is -2.03. The van der Waals surface area contributed by atoms with Gasteiger partial charge in [0.15, 0.2) is 0 Å². The molecule has 0 unspecified atom stereocenters. The van der Waals surface area contributed by atoms with Gasteiger partial charge in [-0.15, -0.1) is 0 Å². The Balaban J connectivity index is 2.70. The van der Waals surface area contributed by atoms with E-state index in [-0.39, 0.29) is 0 Å². The first-order valence-electron chi connectivity index (χ1n) is 4.26. The third kappa shape index (κ3) is 1.40. The number of nitrogens with zero attached hydrogens (tertiary/aromatic N) is 1. The fourth-order valence-electron chi connectivity index (χ4n) is 1.37. The second-order valence-corrected chi connectivity index (χ2v) is 3.70. The summed E-state index contributed by atoms with van der Waals surface area (Å²) in [5, 5.41) is 1.18. The van der Waals surface area contributed by atoms with Gasteiger partial charge < -0.3 is 4.74 Å². The fraction of sp³-hybridized carbons (Fsp3) is 0.300. The minimum Gasteiger partial charge on any atom is -0.495 e. The number of benzene rings is 1. The Morgan fingerprint density at radius 3 is 3.00 bits per heavy atom. The third-order valence-corrected chi connectivity index (χ3v) is 2.94. The van der Waals surface area contributed by atoms with Crippen LogP contribution in [0.15, 0.2) is 18.3 Å². The molecule has 0 saturated carbocycles. The van der Waals surface area contributed by atoms with E-state index < -0.39 is 0 Å². The molecule has 0 N–H and O–H groups in total. The normalized spacial score (nSPS) is 10.6. The molecule has 0 atom stereocenters. The molecular formula is C10H11NOS. The topological polar surface area (TPSA) is 22.1 Å². The van der Waals surface area contributed by atoms with Gasteiger partial charge in [-0.25, -0.2) is 0 Å². The molecule has 2 nitrogen and oxygen atoms in total. The lowest BCUT2D eigenvalue weighted by atomic mass is 10.1. The van der Waals surface area contributed by atoms with Crippen molar-refractivity contribution in [1.29, 1.82) is 0 Å². The molecule has 0 aliphatic carbocycles. The maximum atomic E-state index is 5.30. The summed E-state index contributed by atoms with van der Waals surface area (Å²) < 4.78 is 10.6. The van der Waals surface area contributed by atoms with Gasteiger partial charge in [-0.2, -0.15) is 4.37 Å². The number of aryl methyl sites for hydroxylation is 1. The summed E-state index contributed by atoms with van der Waals surface area (Å²) >= 11 is 1.48. The number of ether oxygens (including phenoxy) is 1. The van der Waals surface area contributed by atoms with E-state index >= 15 is 0 Å². The van der Waals surface area contributed by atoms with Crippen molar-refractivity contribution in [1.82, 2.24) is 4.37 Å². The smallest absolute Gasteiger partial charge is 0.138 e. The highest BCUT2D eigenvalue weighted by Crippen LogP contribution is 2.30. The predicted molar refractivity (Wildman–Crippen MR) is 55.6 cm³/mol. The standard InChI is InChI=1S/C10H11NOS/c1-3-7-4-8-6-11-13-10(8)9(5-7)12-2/h4-6H,3H2,1-2H3. The molecule has 0 aliphatic rings. The van der Waals surface area contributed by atoms with Gasteiger partial charge in [0.05, 0.1) is 11.8 Å². The van der Waals surface area contributed by atoms with E-state index in [1.54, 1.807) is 7.11 Å². The Bertz CT molecular complexity index is 422. The van der Waals surface area contributed by atoms with Crippen LogP contribution < -0.4 is 4.74 Å². The third-order valence-electron chi connectivity index (χ3n) is 2.11. The summed E-state index contributed by atoms with van der Waals surface area (Å²) in [7, 11) is 1.70. The zero-order valence-corrected chi connectivity index (χ0v) is 8.52. The van der Waals surface area contributed by atoms with Crippen molar-refractivity contribution in [2.45, 2.75) is 13.3 Å². The van der Waals surface area contributed by atoms with Gasteiger partial charge in [-0.3, -0.25) is 0 Å². The number of fused-ring (bicyclic) bond motifs is 1. The molecule has 0 fully saturated rings. The molecule has 0 amide bonds. The van der Waals surface area contributed by atoms with Crippen molar-refractivity contribution >= 4 is 21.6 Å². The van der Waals surface area contributed by atoms with Crippen molar-refractivity contribution in [2.75, 3.05) is 7.11 Å². The molecule has 0 radical (unpaired) electrons. The highest BCUT2D eigenvalue weighted by molar-refractivity contribution is 7.13. The molecule has 2 aromatic rings. The number of methoxy groups -OCH3 is 1. The van der Waals surface area contributed by atoms with Crippen LogP contribution in [0, 0.1) is 0 Å². The summed E-state index contributed by atoms with van der Waals surface area (Å²) in [6, 6.07) is 4.25. The Hall–Kier alpha value is -1.09. The molecule has 1 aromatic carbocycles. The van der Waals surface area contributed by atoms with E-state index in [0.717, 1.165) is 16.9 Å². The van der Waals surface area contributed by atoms with E-state index in [0.29, 0.717) is 0 Å². The minimum atomic E-state index is 0.942. The maximum Gasteiger partial charge on any atom is 0.138 e. The first-order chi connectivity index (χ1) is 6.35. The quantitative estimate of drug-likeness (QED) is 0.731. The summed E-state index contributed by atoms with van der Waals surface area (Å²) in [5.41, 5.74) is 1.30. The van der Waals surface area contributed by atoms with Gasteiger partial charge in [-0.05, 0) is 35.6 Å². The molecule has 0 aliphatic heterocycles. The first-order valence-corrected chi connectivity index (χ1v) is 5.03. The van der Waals surface area contributed by atoms with Crippen molar-refractivity contribution in [2.24, 2.45) is 0 Å². The highest BCUT2D eigenvalue weighted by atomic mass is 32.1. The molecule has 2 rings (SSSR count). The van der Waals surface area contributed by atoms with Crippen molar-refractivity contribution in [3.8, 4) is 5.75 Å². The Morgan fingerprint density at radius 2 is 2.31 bits per heavy atom. The number of rotatable bonds is 2. The van der Waals surface area contributed by atoms with Gasteiger partial charge in [-0.1, -0.05) is 6.92 Å². The van der Waals surface area contributed by atoms with Crippen molar-refractivity contribution in [3.05, 3.63) is 23.9 Å². The monoisotopic (exact) mass is 193 g/mol. The van der Waals surface area contributed by atoms with Crippen LogP contribution in [-0.4, -0.2) is 11.5 Å². The van der Waals surface area contributed by atoms with Crippen LogP contribution >= 0.6 is 11.5 Å². The van der Waals surface area contributed by atoms with Gasteiger partial charge in [0.1, 0.15) is 5.75 Å². The van der Waals surface area contributed by atoms with Crippen LogP contribution in [0.4, 0.5) is 0 Å². The van der Waals surface area contributed by atoms with E-state index in [1.165, 1.54) is 22.5 Å². The predicted octanol–water partition coefficient (Wildman–Crippen LogP) is 2.87. The van der Waals surface area contributed by atoms with E-state index in [4.69, 9.17) is 4.74 Å². The van der Waals surface area contributed by atoms with Gasteiger partial charge in [0.25, 0.3) is 0 Å². The van der Waals surface area contributed by atoms with Crippen LogP contribution in [-0.2, 0) is 6.42 Å². The van der Waals surface area contributed by atoms with Gasteiger partial charge in [0.2, 0.25) is 0 Å². The zero-order chi connectivity index (χ0) is 9.26. The largest absolute Gasteiger partial charge is 0.495 e. The molecule has 1 aromatic heterocycles. The van der Waals surface area contributed by atoms with Crippen molar-refractivity contribution < 1.29 is 4.74 Å². The number of hydrogen-bond donors (Lipinski definition) is 0. The summed E-state index contributed by atoms with van der Waals surface area (Å²) in [6.45, 7) is 2.14. The second-order valence-electron chi connectivity index (χ2n) is 2.90. The Labute approximate surface area is 81.3 Å².